The van der Waals surface area contributed by atoms with Crippen molar-refractivity contribution < 1.29 is 4.74 Å². The first-order valence-corrected chi connectivity index (χ1v) is 9.10. The highest BCUT2D eigenvalue weighted by molar-refractivity contribution is 5.69. The smallest absolute Gasteiger partial charge is 0.135 e. The number of hydrogen-bond acceptors (Lipinski definition) is 4. The highest BCUT2D eigenvalue weighted by atomic mass is 16.6. The summed E-state index contributed by atoms with van der Waals surface area (Å²) in [5.74, 6) is 1.09. The lowest BCUT2D eigenvalue weighted by molar-refractivity contribution is 0.374. The number of epoxide rings is 1. The fourth-order valence-corrected chi connectivity index (χ4v) is 3.76. The highest BCUT2D eigenvalue weighted by Crippen LogP contribution is 2.43. The van der Waals surface area contributed by atoms with E-state index in [1.807, 2.05) is 12.3 Å². The van der Waals surface area contributed by atoms with Crippen LogP contribution in [0.3, 0.4) is 0 Å². The molecule has 0 radical (unpaired) electrons. The van der Waals surface area contributed by atoms with Gasteiger partial charge in [-0.3, -0.25) is 5.10 Å². The summed E-state index contributed by atoms with van der Waals surface area (Å²) in [4.78, 5) is 4.76. The van der Waals surface area contributed by atoms with Gasteiger partial charge in [0.25, 0.3) is 0 Å². The predicted octanol–water partition coefficient (Wildman–Crippen LogP) is 4.16. The fraction of sp³-hybridized carbons (Fsp3) is 0.286. The SMILES string of the molecule is Cc1ccc(N2CN(c3ccccc3)c3[nH]ncc3C2CC2CO2)cc1. The number of nitrogens with zero attached hydrogens (tertiary/aromatic N) is 3. The van der Waals surface area contributed by atoms with E-state index in [0.717, 1.165) is 31.2 Å². The zero-order valence-corrected chi connectivity index (χ0v) is 14.8. The second-order valence-corrected chi connectivity index (χ2v) is 7.09. The van der Waals surface area contributed by atoms with Crippen LogP contribution < -0.4 is 9.80 Å². The molecule has 5 heteroatoms. The van der Waals surface area contributed by atoms with Gasteiger partial charge >= 0.3 is 0 Å². The molecule has 26 heavy (non-hydrogen) atoms. The van der Waals surface area contributed by atoms with Gasteiger partial charge in [-0.25, -0.2) is 0 Å². The number of hydrogen-bond donors (Lipinski definition) is 1. The number of anilines is 3. The topological polar surface area (TPSA) is 47.7 Å². The molecule has 3 aromatic rings. The quantitative estimate of drug-likeness (QED) is 0.721. The number of aromatic amines is 1. The van der Waals surface area contributed by atoms with E-state index < -0.39 is 0 Å². The largest absolute Gasteiger partial charge is 0.373 e. The summed E-state index contributed by atoms with van der Waals surface area (Å²) in [5.41, 5.74) is 4.90. The number of ether oxygens (including phenoxy) is 1. The van der Waals surface area contributed by atoms with E-state index in [9.17, 15) is 0 Å². The highest BCUT2D eigenvalue weighted by Gasteiger charge is 2.38. The van der Waals surface area contributed by atoms with Gasteiger partial charge in [-0.15, -0.1) is 0 Å². The van der Waals surface area contributed by atoms with Crippen LogP contribution in [0.5, 0.6) is 0 Å². The Morgan fingerprint density at radius 3 is 2.58 bits per heavy atom. The monoisotopic (exact) mass is 346 g/mol. The Balaban J connectivity index is 1.59. The fourth-order valence-electron chi connectivity index (χ4n) is 3.76. The molecule has 2 atom stereocenters. The maximum atomic E-state index is 5.55. The van der Waals surface area contributed by atoms with Crippen LogP contribution in [0.1, 0.15) is 23.6 Å². The van der Waals surface area contributed by atoms with Gasteiger partial charge in [-0.1, -0.05) is 35.9 Å². The van der Waals surface area contributed by atoms with Gasteiger partial charge in [-0.05, 0) is 31.2 Å². The van der Waals surface area contributed by atoms with Gasteiger partial charge in [0.1, 0.15) is 5.82 Å². The summed E-state index contributed by atoms with van der Waals surface area (Å²) in [5, 5.41) is 7.58. The van der Waals surface area contributed by atoms with E-state index in [1.54, 1.807) is 0 Å². The number of para-hydroxylation sites is 1. The first-order chi connectivity index (χ1) is 12.8. The number of rotatable bonds is 4. The van der Waals surface area contributed by atoms with E-state index in [0.29, 0.717) is 6.10 Å². The van der Waals surface area contributed by atoms with Crippen LogP contribution in [-0.4, -0.2) is 29.6 Å². The van der Waals surface area contributed by atoms with E-state index in [1.165, 1.54) is 16.8 Å². The number of aryl methyl sites for hydroxylation is 1. The lowest BCUT2D eigenvalue weighted by Crippen LogP contribution is -2.43. The molecule has 2 aliphatic rings. The molecule has 3 heterocycles. The number of benzene rings is 2. The number of aromatic nitrogens is 2. The van der Waals surface area contributed by atoms with Crippen LogP contribution in [0.25, 0.3) is 0 Å². The molecule has 0 saturated carbocycles. The number of nitrogens with one attached hydrogen (secondary N) is 1. The Bertz CT molecular complexity index is 886. The number of H-pyrrole nitrogens is 1. The van der Waals surface area contributed by atoms with Crippen molar-refractivity contribution >= 4 is 17.2 Å². The van der Waals surface area contributed by atoms with Crippen molar-refractivity contribution in [2.24, 2.45) is 0 Å². The average molecular weight is 346 g/mol. The molecule has 132 valence electrons. The maximum Gasteiger partial charge on any atom is 0.135 e. The van der Waals surface area contributed by atoms with Gasteiger partial charge in [0.05, 0.1) is 31.6 Å². The Morgan fingerprint density at radius 1 is 1.08 bits per heavy atom. The second kappa shape index (κ2) is 6.18. The molecular weight excluding hydrogens is 324 g/mol. The maximum absolute atomic E-state index is 5.55. The zero-order chi connectivity index (χ0) is 17.5. The standard InChI is InChI=1S/C21H22N4O/c1-15-7-9-17(10-8-15)24-14-25(16-5-3-2-4-6-16)21-19(12-22-23-21)20(24)11-18-13-26-18/h2-10,12,18,20H,11,13-14H2,1H3,(H,22,23). The first-order valence-electron chi connectivity index (χ1n) is 9.10. The summed E-state index contributed by atoms with van der Waals surface area (Å²) in [6, 6.07) is 19.5. The molecule has 0 aliphatic carbocycles. The van der Waals surface area contributed by atoms with Gasteiger partial charge in [0.15, 0.2) is 0 Å². The average Bonchev–Trinajstić information content (AvgIpc) is 3.36. The van der Waals surface area contributed by atoms with Crippen LogP contribution in [0, 0.1) is 6.92 Å². The van der Waals surface area contributed by atoms with Crippen LogP contribution in [0.2, 0.25) is 0 Å². The third-order valence-electron chi connectivity index (χ3n) is 5.27. The van der Waals surface area contributed by atoms with Crippen molar-refractivity contribution in [3.63, 3.8) is 0 Å². The molecule has 1 fully saturated rings. The van der Waals surface area contributed by atoms with Crippen molar-refractivity contribution in [2.75, 3.05) is 23.1 Å². The normalized spacial score (nSPS) is 21.6. The Hall–Kier alpha value is -2.79. The van der Waals surface area contributed by atoms with E-state index in [-0.39, 0.29) is 6.04 Å². The molecule has 0 amide bonds. The summed E-state index contributed by atoms with van der Waals surface area (Å²) in [6.07, 6.45) is 3.32. The molecule has 0 bridgehead atoms. The molecule has 1 N–H and O–H groups in total. The molecule has 5 rings (SSSR count). The van der Waals surface area contributed by atoms with Gasteiger partial charge in [-0.2, -0.15) is 5.10 Å². The molecule has 2 aromatic carbocycles. The van der Waals surface area contributed by atoms with Gasteiger partial charge in [0.2, 0.25) is 0 Å². The summed E-state index contributed by atoms with van der Waals surface area (Å²) in [7, 11) is 0. The lowest BCUT2D eigenvalue weighted by Gasteiger charge is -2.43. The van der Waals surface area contributed by atoms with Crippen molar-refractivity contribution in [1.29, 1.82) is 0 Å². The van der Waals surface area contributed by atoms with Crippen molar-refractivity contribution in [1.82, 2.24) is 10.2 Å². The predicted molar refractivity (Wildman–Crippen MR) is 103 cm³/mol. The van der Waals surface area contributed by atoms with Gasteiger partial charge in [0, 0.05) is 23.4 Å². The Kier molecular flexibility index (Phi) is 3.68. The van der Waals surface area contributed by atoms with Crippen molar-refractivity contribution in [3.8, 4) is 0 Å². The van der Waals surface area contributed by atoms with Crippen LogP contribution in [-0.2, 0) is 4.74 Å². The van der Waals surface area contributed by atoms with Crippen LogP contribution in [0.15, 0.2) is 60.8 Å². The van der Waals surface area contributed by atoms with Gasteiger partial charge < -0.3 is 14.5 Å². The molecule has 2 aliphatic heterocycles. The van der Waals surface area contributed by atoms with Crippen LogP contribution >= 0.6 is 0 Å². The van der Waals surface area contributed by atoms with E-state index in [2.05, 4.69) is 75.5 Å². The minimum absolute atomic E-state index is 0.263. The Morgan fingerprint density at radius 2 is 1.85 bits per heavy atom. The molecule has 5 nitrogen and oxygen atoms in total. The second-order valence-electron chi connectivity index (χ2n) is 7.09. The minimum atomic E-state index is 0.263. The molecule has 1 saturated heterocycles. The van der Waals surface area contributed by atoms with E-state index >= 15 is 0 Å². The van der Waals surface area contributed by atoms with Crippen molar-refractivity contribution in [2.45, 2.75) is 25.5 Å². The third kappa shape index (κ3) is 2.74. The van der Waals surface area contributed by atoms with Crippen molar-refractivity contribution in [3.05, 3.63) is 71.9 Å². The Labute approximate surface area is 153 Å². The minimum Gasteiger partial charge on any atom is -0.373 e. The summed E-state index contributed by atoms with van der Waals surface area (Å²) >= 11 is 0. The summed E-state index contributed by atoms with van der Waals surface area (Å²) in [6.45, 7) is 3.77. The molecule has 1 aromatic heterocycles. The zero-order valence-electron chi connectivity index (χ0n) is 14.8. The van der Waals surface area contributed by atoms with E-state index in [4.69, 9.17) is 4.74 Å². The molecule has 0 spiro atoms. The molecule has 2 unspecified atom stereocenters. The first kappa shape index (κ1) is 15.5. The molecular formula is C21H22N4O. The number of fused-ring (bicyclic) bond motifs is 1. The summed E-state index contributed by atoms with van der Waals surface area (Å²) < 4.78 is 5.55. The third-order valence-corrected chi connectivity index (χ3v) is 5.27. The lowest BCUT2D eigenvalue weighted by atomic mass is 9.99. The van der Waals surface area contributed by atoms with Crippen LogP contribution in [0.4, 0.5) is 17.2 Å².